The zero-order chi connectivity index (χ0) is 81.4. The largest absolute Gasteiger partial charge is 0.387 e. The topological polar surface area (TPSA) is 279 Å². The summed E-state index contributed by atoms with van der Waals surface area (Å²) >= 11 is 0. The number of aryl methyl sites for hydroxylation is 6. The Kier molecular flexibility index (Phi) is 22.4. The molecule has 31 heteroatoms. The first-order valence-electron chi connectivity index (χ1n) is 39.8. The second kappa shape index (κ2) is 32.4. The van der Waals surface area contributed by atoms with Crippen molar-refractivity contribution in [2.45, 2.75) is 149 Å². The van der Waals surface area contributed by atoms with Crippen LogP contribution < -0.4 is 20.9 Å². The number of anilines is 7. The third kappa shape index (κ3) is 16.4. The molecule has 610 valence electrons. The van der Waals surface area contributed by atoms with Gasteiger partial charge < -0.3 is 59.3 Å². The summed E-state index contributed by atoms with van der Waals surface area (Å²) < 4.78 is 51.9. The number of amides is 2. The lowest BCUT2D eigenvalue weighted by Crippen LogP contribution is -2.49. The van der Waals surface area contributed by atoms with Gasteiger partial charge in [0.1, 0.15) is 58.6 Å². The predicted molar refractivity (Wildman–Crippen MR) is 453 cm³/mol. The van der Waals surface area contributed by atoms with Crippen LogP contribution in [0.25, 0.3) is 66.9 Å². The van der Waals surface area contributed by atoms with Crippen molar-refractivity contribution in [3.05, 3.63) is 173 Å². The average Bonchev–Trinajstić information content (AvgIpc) is 1.59. The van der Waals surface area contributed by atoms with Crippen molar-refractivity contribution in [1.29, 1.82) is 0 Å². The molecular weight excluding hydrogens is 1510 g/mol. The highest BCUT2D eigenvalue weighted by Gasteiger charge is 2.37. The van der Waals surface area contributed by atoms with E-state index in [4.69, 9.17) is 20.1 Å². The maximum atomic E-state index is 15.0. The molecule has 6 aliphatic rings. The van der Waals surface area contributed by atoms with E-state index in [0.29, 0.717) is 83.9 Å². The molecule has 15 heterocycles. The Balaban J connectivity index is 0.000000137. The Morgan fingerprint density at radius 3 is 1.26 bits per heavy atom. The standard InChI is InChI=1S/C29H33FN8O2.C29H33FN8O.C28H33FN8.H2S/c1-18-12-20(13-22-26(18)34-24-6-7-29(2,3)38(22)24)27-21(30)15-32-28(35-27)33-23-5-4-19(14-31-23)16-36-8-10-37(11-9-36)25(40)17-39;1-17-12-19(13-22-25(17)34-24-8-10-29(2,3)38(22)24)26-21(30)15-32-28(35-26)33-23-7-6-18(14-31-23)27(39)37-11-9-20(16-37)36(4)5;1-17-12-18(13-22-25(17)33-24-8-10-28(2,3)37(22)24)26-21(29)15-31-27(34-26)32-23-7-6-19(14-30-23)36-11-9-20(16-36)35(4)5;/h4-5,12-15,39H,6-11,16-17H2,1-3H3,(H,31,32,33,35);6-7,12-15,20H,8-11,16H2,1-5H3,(H,31,32,33,35);6-7,12-15,20H,8-11,16H2,1-5H3,(H,30,31,32,34);1H2/t;2*20-;/m.00./s1. The number of likely N-dealkylation sites (N-methyl/N-ethyl adjacent to an activating group) is 2. The molecule has 3 saturated heterocycles. The van der Waals surface area contributed by atoms with E-state index >= 15 is 8.78 Å². The fourth-order valence-electron chi connectivity index (χ4n) is 17.2. The van der Waals surface area contributed by atoms with E-state index in [1.807, 2.05) is 101 Å². The number of aliphatic hydroxyl groups excluding tert-OH is 1. The number of hydrogen-bond donors (Lipinski definition) is 4. The van der Waals surface area contributed by atoms with E-state index in [1.54, 1.807) is 29.4 Å². The van der Waals surface area contributed by atoms with E-state index in [1.165, 1.54) is 18.6 Å². The summed E-state index contributed by atoms with van der Waals surface area (Å²) in [6.07, 6.45) is 16.8. The van der Waals surface area contributed by atoms with Crippen LogP contribution in [0.1, 0.15) is 124 Å². The van der Waals surface area contributed by atoms with Crippen molar-refractivity contribution in [2.75, 3.05) is 108 Å². The molecule has 12 aromatic rings. The van der Waals surface area contributed by atoms with Gasteiger partial charge in [0.25, 0.3) is 5.91 Å². The highest BCUT2D eigenvalue weighted by molar-refractivity contribution is 7.59. The van der Waals surface area contributed by atoms with Crippen LogP contribution in [0, 0.1) is 38.2 Å². The summed E-state index contributed by atoms with van der Waals surface area (Å²) in [5.41, 5.74) is 14.2. The van der Waals surface area contributed by atoms with E-state index in [9.17, 15) is 14.0 Å². The number of halogens is 3. The minimum Gasteiger partial charge on any atom is -0.387 e. The summed E-state index contributed by atoms with van der Waals surface area (Å²) in [4.78, 5) is 91.2. The number of likely N-dealkylation sites (tertiary alicyclic amines) is 1. The van der Waals surface area contributed by atoms with Gasteiger partial charge in [-0.2, -0.15) is 13.5 Å². The van der Waals surface area contributed by atoms with Crippen molar-refractivity contribution in [2.24, 2.45) is 0 Å². The van der Waals surface area contributed by atoms with Crippen molar-refractivity contribution >= 4 is 99.4 Å². The molecule has 2 atom stereocenters. The van der Waals surface area contributed by atoms with Gasteiger partial charge in [0.05, 0.1) is 69.1 Å². The minimum absolute atomic E-state index is 0. The van der Waals surface area contributed by atoms with Gasteiger partial charge in [-0.05, 0) is 212 Å². The summed E-state index contributed by atoms with van der Waals surface area (Å²) in [5, 5.41) is 18.3. The van der Waals surface area contributed by atoms with Crippen LogP contribution in [0.2, 0.25) is 0 Å². The molecule has 3 fully saturated rings. The van der Waals surface area contributed by atoms with Crippen molar-refractivity contribution < 1.29 is 27.9 Å². The van der Waals surface area contributed by atoms with Crippen LogP contribution in [0.4, 0.5) is 54.2 Å². The molecule has 0 unspecified atom stereocenters. The Morgan fingerprint density at radius 1 is 0.479 bits per heavy atom. The van der Waals surface area contributed by atoms with Gasteiger partial charge in [-0.1, -0.05) is 6.07 Å². The molecule has 2 amide bonds. The number of fused-ring (bicyclic) bond motifs is 9. The van der Waals surface area contributed by atoms with Gasteiger partial charge in [0, 0.05) is 136 Å². The lowest BCUT2D eigenvalue weighted by atomic mass is 10.0. The average molecular weight is 1610 g/mol. The third-order valence-corrected chi connectivity index (χ3v) is 23.8. The van der Waals surface area contributed by atoms with E-state index in [2.05, 4.69) is 156 Å². The second-order valence-corrected chi connectivity index (χ2v) is 33.8. The summed E-state index contributed by atoms with van der Waals surface area (Å²) in [5.74, 6) is 3.95. The molecule has 4 N–H and O–H groups in total. The predicted octanol–water partition coefficient (Wildman–Crippen LogP) is 12.9. The number of hydrogen-bond acceptors (Lipinski definition) is 22. The number of benzene rings is 3. The maximum absolute atomic E-state index is 15.0. The Morgan fingerprint density at radius 2 is 0.889 bits per heavy atom. The molecule has 3 aromatic carbocycles. The molecule has 0 aliphatic carbocycles. The smallest absolute Gasteiger partial charge is 0.255 e. The number of aromatic nitrogens is 15. The first kappa shape index (κ1) is 81.0. The first-order chi connectivity index (χ1) is 55.5. The molecule has 117 heavy (non-hydrogen) atoms. The van der Waals surface area contributed by atoms with Gasteiger partial charge in [0.2, 0.25) is 23.8 Å². The summed E-state index contributed by atoms with van der Waals surface area (Å²) in [6, 6.07) is 23.9. The van der Waals surface area contributed by atoms with E-state index in [-0.39, 0.29) is 70.9 Å². The molecule has 0 saturated carbocycles. The van der Waals surface area contributed by atoms with Gasteiger partial charge >= 0.3 is 0 Å². The van der Waals surface area contributed by atoms with Crippen LogP contribution in [0.15, 0.2) is 110 Å². The fraction of sp³-hybridized carbons (Fsp3) is 0.419. The summed E-state index contributed by atoms with van der Waals surface area (Å²) in [7, 11) is 8.32. The highest BCUT2D eigenvalue weighted by atomic mass is 32.1. The SMILES string of the molecule is Cc1cc(-c2nc(Nc3ccc(C(=O)N4CC[C@H](N(C)C)C4)cn3)ncc2F)cc2c1nc1n2C(C)(C)CC1.Cc1cc(-c2nc(Nc3ccc(CN4CCN(C(=O)CO)CC4)cn3)ncc2F)cc2c1nc1n2C(C)(C)CC1.Cc1cc(-c2nc(Nc3ccc(N4CC[C@H](N(C)C)C4)cn3)ncc2F)cc2c1nc1n2C(C)(C)CC1.S. The molecule has 27 nitrogen and oxygen atoms in total. The van der Waals surface area contributed by atoms with E-state index < -0.39 is 24.1 Å². The molecule has 0 spiro atoms. The van der Waals surface area contributed by atoms with Crippen molar-refractivity contribution in [3.8, 4) is 33.8 Å². The molecule has 9 aromatic heterocycles. The maximum Gasteiger partial charge on any atom is 0.255 e. The number of carbonyl (C=O) groups is 2. The van der Waals surface area contributed by atoms with E-state index in [0.717, 1.165) is 163 Å². The van der Waals surface area contributed by atoms with Crippen LogP contribution in [0.5, 0.6) is 0 Å². The fourth-order valence-corrected chi connectivity index (χ4v) is 17.2. The Bertz CT molecular complexity index is 5740. The van der Waals surface area contributed by atoms with Crippen LogP contribution in [-0.2, 0) is 47.2 Å². The molecule has 18 rings (SSSR count). The number of nitrogens with one attached hydrogen (secondary N) is 3. The van der Waals surface area contributed by atoms with Crippen molar-refractivity contribution in [3.63, 3.8) is 0 Å². The number of piperazine rings is 1. The zero-order valence-corrected chi connectivity index (χ0v) is 69.6. The minimum atomic E-state index is -0.504. The molecular formula is C86H101F3N24O3S. The monoisotopic (exact) mass is 1610 g/mol. The number of rotatable bonds is 16. The van der Waals surface area contributed by atoms with Gasteiger partial charge in [0.15, 0.2) is 17.5 Å². The third-order valence-electron chi connectivity index (χ3n) is 23.8. The van der Waals surface area contributed by atoms with Gasteiger partial charge in [-0.15, -0.1) is 0 Å². The number of aliphatic hydroxyl groups is 1. The second-order valence-electron chi connectivity index (χ2n) is 33.8. The van der Waals surface area contributed by atoms with Crippen LogP contribution in [-0.4, -0.2) is 214 Å². The van der Waals surface area contributed by atoms with Crippen molar-refractivity contribution in [1.82, 2.24) is 98.0 Å². The Hall–Kier alpha value is -11.1. The number of pyridine rings is 3. The number of nitrogens with zero attached hydrogens (tertiary/aromatic N) is 21. The molecule has 0 radical (unpaired) electrons. The lowest BCUT2D eigenvalue weighted by Gasteiger charge is -2.34. The van der Waals surface area contributed by atoms with Crippen LogP contribution in [0.3, 0.4) is 0 Å². The first-order valence-corrected chi connectivity index (χ1v) is 39.8. The van der Waals surface area contributed by atoms with Crippen LogP contribution >= 0.6 is 13.5 Å². The highest BCUT2D eigenvalue weighted by Crippen LogP contribution is 2.43. The number of imidazole rings is 3. The Labute approximate surface area is 685 Å². The molecule has 6 aliphatic heterocycles. The van der Waals surface area contributed by atoms with Gasteiger partial charge in [-0.3, -0.25) is 14.5 Å². The normalized spacial score (nSPS) is 17.8. The quantitative estimate of drug-likeness (QED) is 0.0699. The summed E-state index contributed by atoms with van der Waals surface area (Å²) in [6.45, 7) is 25.7. The number of carbonyl (C=O) groups excluding carboxylic acids is 2. The molecule has 0 bridgehead atoms. The van der Waals surface area contributed by atoms with Gasteiger partial charge in [-0.25, -0.2) is 73.0 Å². The lowest BCUT2D eigenvalue weighted by molar-refractivity contribution is -0.136. The zero-order valence-electron chi connectivity index (χ0n) is 68.6.